The van der Waals surface area contributed by atoms with Crippen LogP contribution in [0.3, 0.4) is 0 Å². The zero-order valence-corrected chi connectivity index (χ0v) is 23.7. The van der Waals surface area contributed by atoms with E-state index in [1.807, 2.05) is 30.9 Å². The van der Waals surface area contributed by atoms with Crippen LogP contribution in [0.15, 0.2) is 17.3 Å². The highest BCUT2D eigenvalue weighted by Crippen LogP contribution is 2.54. The average molecular weight is 542 g/mol. The van der Waals surface area contributed by atoms with Gasteiger partial charge in [-0.05, 0) is 75.0 Å². The summed E-state index contributed by atoms with van der Waals surface area (Å²) in [7, 11) is 0. The van der Waals surface area contributed by atoms with Gasteiger partial charge in [0.1, 0.15) is 18.0 Å². The van der Waals surface area contributed by atoms with Gasteiger partial charge in [0.25, 0.3) is 0 Å². The maximum atomic E-state index is 14.1. The third-order valence-corrected chi connectivity index (χ3v) is 9.84. The SMILES string of the molecule is C[C@H]1CCCC[C@H]1C(=O)N1CCc2c(Cl)ccc(OCC3=NOC(C)(C)C3)c2[C@H]1CN1CC2(CC2)CC1=O. The first-order valence-corrected chi connectivity index (χ1v) is 14.8. The van der Waals surface area contributed by atoms with Crippen LogP contribution in [0, 0.1) is 17.3 Å². The van der Waals surface area contributed by atoms with E-state index in [9.17, 15) is 9.59 Å². The molecule has 0 unspecified atom stereocenters. The van der Waals surface area contributed by atoms with Gasteiger partial charge < -0.3 is 19.4 Å². The molecule has 2 saturated carbocycles. The zero-order chi connectivity index (χ0) is 26.7. The Hall–Kier alpha value is -2.28. The minimum absolute atomic E-state index is 0.0348. The summed E-state index contributed by atoms with van der Waals surface area (Å²) in [5.41, 5.74) is 2.70. The Labute approximate surface area is 230 Å². The molecule has 1 saturated heterocycles. The number of halogens is 1. The van der Waals surface area contributed by atoms with Gasteiger partial charge in [-0.2, -0.15) is 0 Å². The maximum absolute atomic E-state index is 14.1. The molecule has 3 heterocycles. The highest BCUT2D eigenvalue weighted by molar-refractivity contribution is 6.31. The molecule has 6 rings (SSSR count). The molecule has 2 aliphatic carbocycles. The Morgan fingerprint density at radius 1 is 1.21 bits per heavy atom. The van der Waals surface area contributed by atoms with Gasteiger partial charge in [-0.25, -0.2) is 0 Å². The molecule has 7 nitrogen and oxygen atoms in total. The Morgan fingerprint density at radius 3 is 2.68 bits per heavy atom. The predicted octanol–water partition coefficient (Wildman–Crippen LogP) is 5.54. The Balaban J connectivity index is 1.33. The fourth-order valence-electron chi connectivity index (χ4n) is 7.11. The van der Waals surface area contributed by atoms with E-state index in [1.165, 1.54) is 6.42 Å². The van der Waals surface area contributed by atoms with Crippen LogP contribution in [-0.4, -0.2) is 59.2 Å². The molecule has 38 heavy (non-hydrogen) atoms. The van der Waals surface area contributed by atoms with Crippen molar-refractivity contribution < 1.29 is 19.2 Å². The summed E-state index contributed by atoms with van der Waals surface area (Å²) in [6.07, 6.45) is 8.61. The van der Waals surface area contributed by atoms with Crippen molar-refractivity contribution in [2.75, 3.05) is 26.2 Å². The summed E-state index contributed by atoms with van der Waals surface area (Å²) >= 11 is 6.76. The minimum atomic E-state index is -0.324. The van der Waals surface area contributed by atoms with E-state index in [0.29, 0.717) is 49.9 Å². The third-order valence-electron chi connectivity index (χ3n) is 9.49. The van der Waals surface area contributed by atoms with Gasteiger partial charge in [-0.15, -0.1) is 0 Å². The molecule has 0 bridgehead atoms. The summed E-state index contributed by atoms with van der Waals surface area (Å²) in [5, 5.41) is 4.93. The highest BCUT2D eigenvalue weighted by atomic mass is 35.5. The standard InChI is InChI=1S/C30H40ClN3O4/c1-19-6-4-5-7-21(19)28(36)34-13-10-22-23(31)8-9-25(37-17-20-14-29(2,3)38-32-20)27(22)24(34)16-33-18-30(11-12-30)15-26(33)35/h8-9,19,21,24H,4-7,10-18H2,1-3H3/t19-,21+,24+/m0/s1. The first-order chi connectivity index (χ1) is 18.1. The lowest BCUT2D eigenvalue weighted by Crippen LogP contribution is -2.49. The molecule has 206 valence electrons. The van der Waals surface area contributed by atoms with Crippen LogP contribution < -0.4 is 4.74 Å². The number of nitrogens with zero attached hydrogens (tertiary/aromatic N) is 3. The largest absolute Gasteiger partial charge is 0.487 e. The number of likely N-dealkylation sites (tertiary alicyclic amines) is 1. The molecule has 5 aliphatic rings. The van der Waals surface area contributed by atoms with E-state index in [4.69, 9.17) is 21.2 Å². The topological polar surface area (TPSA) is 71.4 Å². The normalized spacial score (nSPS) is 29.2. The first-order valence-electron chi connectivity index (χ1n) is 14.4. The lowest BCUT2D eigenvalue weighted by molar-refractivity contribution is -0.143. The Kier molecular flexibility index (Phi) is 6.64. The second-order valence-electron chi connectivity index (χ2n) is 13.0. The number of amides is 2. The van der Waals surface area contributed by atoms with Crippen molar-refractivity contribution in [2.45, 2.75) is 90.2 Å². The quantitative estimate of drug-likeness (QED) is 0.474. The van der Waals surface area contributed by atoms with Gasteiger partial charge in [-0.1, -0.05) is 36.5 Å². The predicted molar refractivity (Wildman–Crippen MR) is 146 cm³/mol. The second-order valence-corrected chi connectivity index (χ2v) is 13.4. The number of oxime groups is 1. The van der Waals surface area contributed by atoms with Crippen molar-refractivity contribution in [3.8, 4) is 5.75 Å². The third kappa shape index (κ3) is 4.91. The van der Waals surface area contributed by atoms with Gasteiger partial charge in [0, 0.05) is 49.0 Å². The molecule has 0 radical (unpaired) electrons. The molecule has 3 atom stereocenters. The monoisotopic (exact) mass is 541 g/mol. The molecule has 3 aliphatic heterocycles. The average Bonchev–Trinajstić information content (AvgIpc) is 3.43. The van der Waals surface area contributed by atoms with Gasteiger partial charge >= 0.3 is 0 Å². The Morgan fingerprint density at radius 2 is 2.00 bits per heavy atom. The van der Waals surface area contributed by atoms with Crippen LogP contribution in [0.1, 0.15) is 89.3 Å². The summed E-state index contributed by atoms with van der Waals surface area (Å²) in [6.45, 7) is 8.47. The van der Waals surface area contributed by atoms with Gasteiger partial charge in [0.15, 0.2) is 0 Å². The summed E-state index contributed by atoms with van der Waals surface area (Å²) in [5.74, 6) is 1.57. The number of carbonyl (C=O) groups is 2. The van der Waals surface area contributed by atoms with E-state index in [1.54, 1.807) is 0 Å². The van der Waals surface area contributed by atoms with Crippen LogP contribution in [0.2, 0.25) is 5.02 Å². The fourth-order valence-corrected chi connectivity index (χ4v) is 7.37. The molecular weight excluding hydrogens is 502 g/mol. The summed E-state index contributed by atoms with van der Waals surface area (Å²) in [4.78, 5) is 36.8. The molecule has 0 aromatic heterocycles. The van der Waals surface area contributed by atoms with E-state index < -0.39 is 0 Å². The van der Waals surface area contributed by atoms with E-state index in [-0.39, 0.29) is 34.8 Å². The number of hydrogen-bond acceptors (Lipinski definition) is 5. The highest BCUT2D eigenvalue weighted by Gasteiger charge is 2.52. The molecule has 0 N–H and O–H groups in total. The van der Waals surface area contributed by atoms with Crippen molar-refractivity contribution in [3.63, 3.8) is 0 Å². The molecule has 3 fully saturated rings. The number of rotatable bonds is 6. The molecule has 1 aromatic rings. The summed E-state index contributed by atoms with van der Waals surface area (Å²) in [6, 6.07) is 3.54. The number of ether oxygens (including phenoxy) is 1. The molecular formula is C30H40ClN3O4. The number of benzene rings is 1. The molecule has 1 aromatic carbocycles. The lowest BCUT2D eigenvalue weighted by Gasteiger charge is -2.43. The Bertz CT molecular complexity index is 1160. The zero-order valence-electron chi connectivity index (χ0n) is 22.9. The smallest absolute Gasteiger partial charge is 0.226 e. The maximum Gasteiger partial charge on any atom is 0.226 e. The van der Waals surface area contributed by atoms with Crippen LogP contribution in [0.5, 0.6) is 5.75 Å². The van der Waals surface area contributed by atoms with Gasteiger partial charge in [-0.3, -0.25) is 9.59 Å². The molecule has 8 heteroatoms. The van der Waals surface area contributed by atoms with E-state index in [2.05, 4.69) is 17.0 Å². The van der Waals surface area contributed by atoms with E-state index in [0.717, 1.165) is 61.2 Å². The van der Waals surface area contributed by atoms with Crippen molar-refractivity contribution in [2.24, 2.45) is 22.4 Å². The van der Waals surface area contributed by atoms with Crippen molar-refractivity contribution in [1.82, 2.24) is 9.80 Å². The number of fused-ring (bicyclic) bond motifs is 1. The van der Waals surface area contributed by atoms with Crippen LogP contribution >= 0.6 is 11.6 Å². The van der Waals surface area contributed by atoms with Gasteiger partial charge in [0.05, 0.1) is 11.8 Å². The van der Waals surface area contributed by atoms with Crippen molar-refractivity contribution in [3.05, 3.63) is 28.3 Å². The first kappa shape index (κ1) is 26.0. The second kappa shape index (κ2) is 9.72. The van der Waals surface area contributed by atoms with Gasteiger partial charge in [0.2, 0.25) is 11.8 Å². The lowest BCUT2D eigenvalue weighted by atomic mass is 9.78. The van der Waals surface area contributed by atoms with E-state index >= 15 is 0 Å². The summed E-state index contributed by atoms with van der Waals surface area (Å²) < 4.78 is 6.40. The van der Waals surface area contributed by atoms with Crippen molar-refractivity contribution in [1.29, 1.82) is 0 Å². The minimum Gasteiger partial charge on any atom is -0.487 e. The number of carbonyl (C=O) groups excluding carboxylic acids is 2. The van der Waals surface area contributed by atoms with Crippen molar-refractivity contribution >= 4 is 29.1 Å². The fraction of sp³-hybridized carbons (Fsp3) is 0.700. The molecule has 2 amide bonds. The van der Waals surface area contributed by atoms with Crippen LogP contribution in [-0.2, 0) is 20.8 Å². The molecule has 1 spiro atoms. The number of hydrogen-bond donors (Lipinski definition) is 0. The van der Waals surface area contributed by atoms with Crippen LogP contribution in [0.25, 0.3) is 0 Å². The van der Waals surface area contributed by atoms with Crippen LogP contribution in [0.4, 0.5) is 0 Å².